The van der Waals surface area contributed by atoms with Crippen LogP contribution < -0.4 is 11.1 Å². The third kappa shape index (κ3) is 5.44. The van der Waals surface area contributed by atoms with Gasteiger partial charge in [0, 0.05) is 24.0 Å². The predicted octanol–water partition coefficient (Wildman–Crippen LogP) is 1.98. The lowest BCUT2D eigenvalue weighted by Gasteiger charge is -2.05. The summed E-state index contributed by atoms with van der Waals surface area (Å²) in [6.07, 6.45) is 0.288. The molecule has 1 rings (SSSR count). The predicted molar refractivity (Wildman–Crippen MR) is 66.9 cm³/mol. The first-order chi connectivity index (χ1) is 7.11. The van der Waals surface area contributed by atoms with Crippen molar-refractivity contribution in [1.29, 1.82) is 0 Å². The highest BCUT2D eigenvalue weighted by Gasteiger charge is 2.02. The summed E-state index contributed by atoms with van der Waals surface area (Å²) in [5.41, 5.74) is 5.93. The highest BCUT2D eigenvalue weighted by atomic mass is 79.9. The van der Waals surface area contributed by atoms with E-state index < -0.39 is 0 Å². The minimum Gasteiger partial charge on any atom is -0.352 e. The SMILES string of the molecule is Cl.NCCC(=O)NCc1cc(F)cc(Br)c1. The molecule has 0 heterocycles. The topological polar surface area (TPSA) is 55.1 Å². The molecule has 0 atom stereocenters. The molecule has 3 N–H and O–H groups in total. The van der Waals surface area contributed by atoms with Crippen LogP contribution in [0.25, 0.3) is 0 Å². The smallest absolute Gasteiger partial charge is 0.221 e. The Morgan fingerprint density at radius 3 is 2.69 bits per heavy atom. The van der Waals surface area contributed by atoms with Crippen molar-refractivity contribution in [2.75, 3.05) is 6.54 Å². The van der Waals surface area contributed by atoms with E-state index in [4.69, 9.17) is 5.73 Å². The number of halogens is 3. The van der Waals surface area contributed by atoms with Crippen LogP contribution in [-0.2, 0) is 11.3 Å². The highest BCUT2D eigenvalue weighted by Crippen LogP contribution is 2.14. The summed E-state index contributed by atoms with van der Waals surface area (Å²) in [5.74, 6) is -0.453. The molecule has 0 spiro atoms. The van der Waals surface area contributed by atoms with Crippen LogP contribution in [0.3, 0.4) is 0 Å². The third-order valence-electron chi connectivity index (χ3n) is 1.78. The maximum atomic E-state index is 12.9. The molecule has 0 saturated carbocycles. The van der Waals surface area contributed by atoms with Crippen molar-refractivity contribution in [3.63, 3.8) is 0 Å². The molecule has 0 aliphatic heterocycles. The molecular weight excluding hydrogens is 298 g/mol. The molecule has 0 bridgehead atoms. The minimum atomic E-state index is -0.326. The van der Waals surface area contributed by atoms with Crippen molar-refractivity contribution in [2.45, 2.75) is 13.0 Å². The van der Waals surface area contributed by atoms with Crippen LogP contribution >= 0.6 is 28.3 Å². The number of carbonyl (C=O) groups excluding carboxylic acids is 1. The summed E-state index contributed by atoms with van der Waals surface area (Å²) in [5, 5.41) is 2.65. The largest absolute Gasteiger partial charge is 0.352 e. The molecule has 0 fully saturated rings. The maximum absolute atomic E-state index is 12.9. The lowest BCUT2D eigenvalue weighted by molar-refractivity contribution is -0.121. The molecule has 0 saturated heterocycles. The second-order valence-electron chi connectivity index (χ2n) is 3.09. The number of carbonyl (C=O) groups is 1. The van der Waals surface area contributed by atoms with E-state index in [0.717, 1.165) is 0 Å². The zero-order valence-corrected chi connectivity index (χ0v) is 10.9. The summed E-state index contributed by atoms with van der Waals surface area (Å²) in [7, 11) is 0. The molecule has 1 amide bonds. The van der Waals surface area contributed by atoms with E-state index in [1.165, 1.54) is 12.1 Å². The van der Waals surface area contributed by atoms with Gasteiger partial charge in [-0.1, -0.05) is 15.9 Å². The van der Waals surface area contributed by atoms with Gasteiger partial charge >= 0.3 is 0 Å². The van der Waals surface area contributed by atoms with Gasteiger partial charge in [0.2, 0.25) is 5.91 Å². The molecule has 1 aromatic carbocycles. The first-order valence-electron chi connectivity index (χ1n) is 4.53. The summed E-state index contributed by atoms with van der Waals surface area (Å²) in [6.45, 7) is 0.633. The van der Waals surface area contributed by atoms with Crippen LogP contribution in [0.2, 0.25) is 0 Å². The molecule has 0 unspecified atom stereocenters. The second kappa shape index (κ2) is 7.60. The molecule has 6 heteroatoms. The van der Waals surface area contributed by atoms with E-state index in [9.17, 15) is 9.18 Å². The molecular formula is C10H13BrClFN2O. The van der Waals surface area contributed by atoms with Crippen molar-refractivity contribution in [3.8, 4) is 0 Å². The van der Waals surface area contributed by atoms with Crippen LogP contribution in [-0.4, -0.2) is 12.5 Å². The van der Waals surface area contributed by atoms with Crippen molar-refractivity contribution in [2.24, 2.45) is 5.73 Å². The fourth-order valence-electron chi connectivity index (χ4n) is 1.13. The Kier molecular flexibility index (Phi) is 7.29. The fourth-order valence-corrected chi connectivity index (χ4v) is 1.65. The molecule has 90 valence electrons. The summed E-state index contributed by atoms with van der Waals surface area (Å²) >= 11 is 3.18. The van der Waals surface area contributed by atoms with Crippen LogP contribution in [0, 0.1) is 5.82 Å². The second-order valence-corrected chi connectivity index (χ2v) is 4.01. The van der Waals surface area contributed by atoms with Crippen molar-refractivity contribution in [3.05, 3.63) is 34.1 Å². The quantitative estimate of drug-likeness (QED) is 0.893. The van der Waals surface area contributed by atoms with Gasteiger partial charge in [-0.2, -0.15) is 0 Å². The first-order valence-corrected chi connectivity index (χ1v) is 5.33. The lowest BCUT2D eigenvalue weighted by Crippen LogP contribution is -2.25. The van der Waals surface area contributed by atoms with E-state index in [-0.39, 0.29) is 30.6 Å². The average Bonchev–Trinajstić information content (AvgIpc) is 2.14. The number of benzene rings is 1. The average molecular weight is 312 g/mol. The number of nitrogens with one attached hydrogen (secondary N) is 1. The number of rotatable bonds is 4. The number of hydrogen-bond donors (Lipinski definition) is 2. The van der Waals surface area contributed by atoms with E-state index in [1.54, 1.807) is 6.07 Å². The molecule has 1 aromatic rings. The van der Waals surface area contributed by atoms with Gasteiger partial charge in [-0.3, -0.25) is 4.79 Å². The summed E-state index contributed by atoms with van der Waals surface area (Å²) in [4.78, 5) is 11.1. The van der Waals surface area contributed by atoms with Gasteiger partial charge in [0.25, 0.3) is 0 Å². The van der Waals surface area contributed by atoms with Gasteiger partial charge in [0.15, 0.2) is 0 Å². The number of amides is 1. The molecule has 0 aromatic heterocycles. The van der Waals surface area contributed by atoms with Crippen LogP contribution in [0.1, 0.15) is 12.0 Å². The molecule has 0 aliphatic rings. The number of nitrogens with two attached hydrogens (primary N) is 1. The maximum Gasteiger partial charge on any atom is 0.221 e. The van der Waals surface area contributed by atoms with Crippen LogP contribution in [0.15, 0.2) is 22.7 Å². The highest BCUT2D eigenvalue weighted by molar-refractivity contribution is 9.10. The van der Waals surface area contributed by atoms with E-state index in [2.05, 4.69) is 21.2 Å². The van der Waals surface area contributed by atoms with Gasteiger partial charge in [0.05, 0.1) is 0 Å². The van der Waals surface area contributed by atoms with Gasteiger partial charge in [-0.05, 0) is 23.8 Å². The van der Waals surface area contributed by atoms with E-state index >= 15 is 0 Å². The Morgan fingerprint density at radius 2 is 2.12 bits per heavy atom. The zero-order chi connectivity index (χ0) is 11.3. The van der Waals surface area contributed by atoms with E-state index in [0.29, 0.717) is 23.1 Å². The van der Waals surface area contributed by atoms with E-state index in [1.807, 2.05) is 0 Å². The van der Waals surface area contributed by atoms with Gasteiger partial charge in [-0.25, -0.2) is 4.39 Å². The summed E-state index contributed by atoms with van der Waals surface area (Å²) < 4.78 is 13.6. The lowest BCUT2D eigenvalue weighted by atomic mass is 10.2. The molecule has 0 radical (unpaired) electrons. The van der Waals surface area contributed by atoms with Gasteiger partial charge in [-0.15, -0.1) is 12.4 Å². The zero-order valence-electron chi connectivity index (χ0n) is 8.50. The van der Waals surface area contributed by atoms with Crippen molar-refractivity contribution in [1.82, 2.24) is 5.32 Å². The Bertz CT molecular complexity index is 342. The Morgan fingerprint density at radius 1 is 1.44 bits per heavy atom. The Balaban J connectivity index is 0.00000225. The fraction of sp³-hybridized carbons (Fsp3) is 0.300. The van der Waals surface area contributed by atoms with Gasteiger partial charge in [0.1, 0.15) is 5.82 Å². The third-order valence-corrected chi connectivity index (χ3v) is 2.24. The van der Waals surface area contributed by atoms with Crippen LogP contribution in [0.5, 0.6) is 0 Å². The van der Waals surface area contributed by atoms with Gasteiger partial charge < -0.3 is 11.1 Å². The minimum absolute atomic E-state index is 0. The van der Waals surface area contributed by atoms with Crippen molar-refractivity contribution >= 4 is 34.2 Å². The molecule has 3 nitrogen and oxygen atoms in total. The van der Waals surface area contributed by atoms with Crippen molar-refractivity contribution < 1.29 is 9.18 Å². The standard InChI is InChI=1S/C10H12BrFN2O.ClH/c11-8-3-7(4-9(12)5-8)6-14-10(15)1-2-13;/h3-5H,1-2,6,13H2,(H,14,15);1H. The number of hydrogen-bond acceptors (Lipinski definition) is 2. The molecule has 16 heavy (non-hydrogen) atoms. The first kappa shape index (κ1) is 15.3. The monoisotopic (exact) mass is 310 g/mol. The summed E-state index contributed by atoms with van der Waals surface area (Å²) in [6, 6.07) is 4.50. The Hall–Kier alpha value is -0.650. The Labute approximate surface area is 108 Å². The molecule has 0 aliphatic carbocycles. The normalized spacial score (nSPS) is 9.44. The van der Waals surface area contributed by atoms with Crippen LogP contribution in [0.4, 0.5) is 4.39 Å².